The van der Waals surface area contributed by atoms with Crippen LogP contribution < -0.4 is 11.1 Å². The molecule has 0 heterocycles. The summed E-state index contributed by atoms with van der Waals surface area (Å²) in [5, 5.41) is 12.1. The molecule has 1 unspecified atom stereocenters. The predicted molar refractivity (Wildman–Crippen MR) is 68.5 cm³/mol. The van der Waals surface area contributed by atoms with Crippen molar-refractivity contribution in [1.82, 2.24) is 5.32 Å². The third-order valence-corrected chi connectivity index (χ3v) is 3.61. The molecule has 0 radical (unpaired) electrons. The summed E-state index contributed by atoms with van der Waals surface area (Å²) in [7, 11) is 0. The first-order valence-electron chi connectivity index (χ1n) is 6.77. The summed E-state index contributed by atoms with van der Waals surface area (Å²) in [5.74, 6) is 0.648. The van der Waals surface area contributed by atoms with Crippen LogP contribution in [-0.4, -0.2) is 29.7 Å². The Labute approximate surface area is 104 Å². The maximum Gasteiger partial charge on any atom is 0.220 e. The van der Waals surface area contributed by atoms with E-state index in [-0.39, 0.29) is 18.1 Å². The van der Waals surface area contributed by atoms with Crippen LogP contribution in [0.1, 0.15) is 51.9 Å². The predicted octanol–water partition coefficient (Wildman–Crippen LogP) is 1.17. The Bertz CT molecular complexity index is 234. The van der Waals surface area contributed by atoms with Crippen LogP contribution in [0, 0.1) is 5.92 Å². The zero-order chi connectivity index (χ0) is 12.7. The molecule has 0 aromatic carbocycles. The number of nitrogens with one attached hydrogen (secondary N) is 1. The highest BCUT2D eigenvalue weighted by atomic mass is 16.3. The molecule has 1 amide bonds. The summed E-state index contributed by atoms with van der Waals surface area (Å²) in [5.41, 5.74) is 5.29. The molecule has 0 aliphatic heterocycles. The maximum atomic E-state index is 11.7. The Morgan fingerprint density at radius 3 is 2.59 bits per heavy atom. The molecule has 4 nitrogen and oxygen atoms in total. The van der Waals surface area contributed by atoms with Gasteiger partial charge in [0.2, 0.25) is 5.91 Å². The molecule has 17 heavy (non-hydrogen) atoms. The fourth-order valence-electron chi connectivity index (χ4n) is 2.24. The van der Waals surface area contributed by atoms with Gasteiger partial charge >= 0.3 is 0 Å². The summed E-state index contributed by atoms with van der Waals surface area (Å²) in [6, 6.07) is 0. The van der Waals surface area contributed by atoms with Crippen LogP contribution in [0.15, 0.2) is 0 Å². The fourth-order valence-corrected chi connectivity index (χ4v) is 2.24. The van der Waals surface area contributed by atoms with E-state index in [4.69, 9.17) is 10.8 Å². The van der Waals surface area contributed by atoms with Gasteiger partial charge in [0.25, 0.3) is 0 Å². The Balaban J connectivity index is 2.21. The minimum Gasteiger partial charge on any atom is -0.394 e. The zero-order valence-electron chi connectivity index (χ0n) is 10.9. The second-order valence-corrected chi connectivity index (χ2v) is 5.26. The molecular weight excluding hydrogens is 216 g/mol. The van der Waals surface area contributed by atoms with Crippen molar-refractivity contribution in [3.8, 4) is 0 Å². The average Bonchev–Trinajstić information content (AvgIpc) is 3.07. The van der Waals surface area contributed by atoms with Crippen molar-refractivity contribution in [3.05, 3.63) is 0 Å². The lowest BCUT2D eigenvalue weighted by Crippen LogP contribution is -2.39. The van der Waals surface area contributed by atoms with Crippen LogP contribution in [0.4, 0.5) is 0 Å². The molecule has 100 valence electrons. The number of hydrogen-bond acceptors (Lipinski definition) is 3. The number of aliphatic hydroxyl groups is 1. The fraction of sp³-hybridized carbons (Fsp3) is 0.923. The van der Waals surface area contributed by atoms with Crippen LogP contribution >= 0.6 is 0 Å². The lowest BCUT2D eigenvalue weighted by molar-refractivity contribution is -0.122. The highest BCUT2D eigenvalue weighted by Crippen LogP contribution is 2.34. The van der Waals surface area contributed by atoms with E-state index in [1.165, 1.54) is 0 Å². The molecule has 0 spiro atoms. The molecule has 0 saturated heterocycles. The van der Waals surface area contributed by atoms with E-state index in [2.05, 4.69) is 12.2 Å². The van der Waals surface area contributed by atoms with Crippen LogP contribution in [0.3, 0.4) is 0 Å². The first-order chi connectivity index (χ1) is 8.15. The molecule has 1 fully saturated rings. The molecule has 0 aromatic rings. The Hall–Kier alpha value is -0.610. The van der Waals surface area contributed by atoms with Gasteiger partial charge in [0.15, 0.2) is 0 Å². The summed E-state index contributed by atoms with van der Waals surface area (Å²) in [6.45, 7) is 2.93. The minimum atomic E-state index is -0.273. The van der Waals surface area contributed by atoms with Crippen molar-refractivity contribution in [3.63, 3.8) is 0 Å². The largest absolute Gasteiger partial charge is 0.394 e. The third-order valence-electron chi connectivity index (χ3n) is 3.61. The maximum absolute atomic E-state index is 11.7. The highest BCUT2D eigenvalue weighted by molar-refractivity contribution is 5.77. The van der Waals surface area contributed by atoms with Gasteiger partial charge in [0.05, 0.1) is 12.1 Å². The van der Waals surface area contributed by atoms with Crippen molar-refractivity contribution >= 4 is 5.91 Å². The van der Waals surface area contributed by atoms with Crippen molar-refractivity contribution in [1.29, 1.82) is 0 Å². The van der Waals surface area contributed by atoms with E-state index >= 15 is 0 Å². The molecule has 1 saturated carbocycles. The van der Waals surface area contributed by atoms with Gasteiger partial charge in [-0.2, -0.15) is 0 Å². The molecular formula is C13H26N2O2. The number of carbonyl (C=O) groups excluding carboxylic acids is 1. The lowest BCUT2D eigenvalue weighted by Gasteiger charge is -2.17. The normalized spacial score (nSPS) is 18.8. The van der Waals surface area contributed by atoms with Crippen molar-refractivity contribution in [2.45, 2.75) is 57.4 Å². The summed E-state index contributed by atoms with van der Waals surface area (Å²) in [4.78, 5) is 11.7. The second-order valence-electron chi connectivity index (χ2n) is 5.26. The SMILES string of the molecule is CCCC(CCN)CCC(=O)NC1(CO)CC1. The Morgan fingerprint density at radius 1 is 1.41 bits per heavy atom. The average molecular weight is 242 g/mol. The number of aliphatic hydroxyl groups excluding tert-OH is 1. The quantitative estimate of drug-likeness (QED) is 0.568. The molecule has 4 N–H and O–H groups in total. The smallest absolute Gasteiger partial charge is 0.220 e. The number of amides is 1. The van der Waals surface area contributed by atoms with Gasteiger partial charge in [0.1, 0.15) is 0 Å². The molecule has 1 rings (SSSR count). The topological polar surface area (TPSA) is 75.4 Å². The van der Waals surface area contributed by atoms with Gasteiger partial charge in [0, 0.05) is 6.42 Å². The minimum absolute atomic E-state index is 0.0694. The number of rotatable bonds is 9. The van der Waals surface area contributed by atoms with Crippen LogP contribution in [-0.2, 0) is 4.79 Å². The number of nitrogens with two attached hydrogens (primary N) is 1. The molecule has 1 aliphatic rings. The monoisotopic (exact) mass is 242 g/mol. The van der Waals surface area contributed by atoms with E-state index in [1.807, 2.05) is 0 Å². The Morgan fingerprint density at radius 2 is 2.12 bits per heavy atom. The van der Waals surface area contributed by atoms with E-state index in [0.29, 0.717) is 18.9 Å². The van der Waals surface area contributed by atoms with E-state index in [9.17, 15) is 4.79 Å². The van der Waals surface area contributed by atoms with Gasteiger partial charge in [-0.15, -0.1) is 0 Å². The number of hydrogen-bond donors (Lipinski definition) is 3. The summed E-state index contributed by atoms with van der Waals surface area (Å²) in [6.07, 6.45) is 6.60. The van der Waals surface area contributed by atoms with Crippen LogP contribution in [0.5, 0.6) is 0 Å². The van der Waals surface area contributed by atoms with Gasteiger partial charge in [-0.3, -0.25) is 4.79 Å². The zero-order valence-corrected chi connectivity index (χ0v) is 10.9. The molecule has 1 atom stereocenters. The second kappa shape index (κ2) is 6.97. The molecule has 0 aromatic heterocycles. The van der Waals surface area contributed by atoms with E-state index < -0.39 is 0 Å². The van der Waals surface area contributed by atoms with Crippen molar-refractivity contribution in [2.24, 2.45) is 11.7 Å². The number of carbonyl (C=O) groups is 1. The van der Waals surface area contributed by atoms with Crippen molar-refractivity contribution < 1.29 is 9.90 Å². The lowest BCUT2D eigenvalue weighted by atomic mass is 9.94. The molecule has 4 heteroatoms. The first-order valence-corrected chi connectivity index (χ1v) is 6.77. The van der Waals surface area contributed by atoms with E-state index in [0.717, 1.165) is 38.5 Å². The molecule has 0 bridgehead atoms. The van der Waals surface area contributed by atoms with Crippen LogP contribution in [0.2, 0.25) is 0 Å². The van der Waals surface area contributed by atoms with Gasteiger partial charge in [-0.1, -0.05) is 19.8 Å². The Kier molecular flexibility index (Phi) is 5.92. The summed E-state index contributed by atoms with van der Waals surface area (Å²) < 4.78 is 0. The standard InChI is InChI=1S/C13H26N2O2/c1-2-3-11(6-9-14)4-5-12(17)15-13(10-16)7-8-13/h11,16H,2-10,14H2,1H3,(H,15,17). The van der Waals surface area contributed by atoms with Crippen molar-refractivity contribution in [2.75, 3.05) is 13.2 Å². The third kappa shape index (κ3) is 5.04. The van der Waals surface area contributed by atoms with Gasteiger partial charge < -0.3 is 16.2 Å². The first kappa shape index (κ1) is 14.5. The molecule has 1 aliphatic carbocycles. The highest BCUT2D eigenvalue weighted by Gasteiger charge is 2.43. The van der Waals surface area contributed by atoms with Crippen LogP contribution in [0.25, 0.3) is 0 Å². The summed E-state index contributed by atoms with van der Waals surface area (Å²) >= 11 is 0. The van der Waals surface area contributed by atoms with Gasteiger partial charge in [-0.25, -0.2) is 0 Å². The van der Waals surface area contributed by atoms with Gasteiger partial charge in [-0.05, 0) is 38.1 Å². The van der Waals surface area contributed by atoms with E-state index in [1.54, 1.807) is 0 Å².